The van der Waals surface area contributed by atoms with Crippen LogP contribution in [0.3, 0.4) is 0 Å². The van der Waals surface area contributed by atoms with Gasteiger partial charge in [0.05, 0.1) is 18.0 Å². The van der Waals surface area contributed by atoms with E-state index in [0.717, 1.165) is 36.0 Å². The normalized spacial score (nSPS) is 20.8. The maximum Gasteiger partial charge on any atom is 0.237 e. The molecule has 1 fully saturated rings. The predicted octanol–water partition coefficient (Wildman–Crippen LogP) is 1.32. The van der Waals surface area contributed by atoms with Gasteiger partial charge in [-0.3, -0.25) is 14.6 Å². The number of primary amides is 1. The van der Waals surface area contributed by atoms with Crippen LogP contribution in [0.25, 0.3) is 10.9 Å². The molecule has 3 atom stereocenters. The molecular formula is C21H29N5O2. The summed E-state index contributed by atoms with van der Waals surface area (Å²) in [6.45, 7) is 6.66. The molecule has 7 heteroatoms. The molecule has 0 unspecified atom stereocenters. The molecule has 2 heterocycles. The first-order valence-corrected chi connectivity index (χ1v) is 9.76. The minimum absolute atomic E-state index is 0.138. The number of pyridine rings is 1. The number of carbonyl (C=O) groups is 2. The van der Waals surface area contributed by atoms with E-state index in [9.17, 15) is 9.59 Å². The van der Waals surface area contributed by atoms with Gasteiger partial charge in [-0.25, -0.2) is 0 Å². The van der Waals surface area contributed by atoms with Crippen molar-refractivity contribution in [2.24, 2.45) is 23.3 Å². The number of fused-ring (bicyclic) bond motifs is 1. The van der Waals surface area contributed by atoms with Gasteiger partial charge in [0.25, 0.3) is 0 Å². The van der Waals surface area contributed by atoms with E-state index < -0.39 is 11.9 Å². The topological polar surface area (TPSA) is 114 Å². The molecule has 3 rings (SSSR count). The van der Waals surface area contributed by atoms with Crippen molar-refractivity contribution in [1.29, 1.82) is 0 Å². The molecule has 0 radical (unpaired) electrons. The summed E-state index contributed by atoms with van der Waals surface area (Å²) in [7, 11) is 0. The van der Waals surface area contributed by atoms with Gasteiger partial charge in [-0.05, 0) is 48.9 Å². The average Bonchev–Trinajstić information content (AvgIpc) is 2.65. The molecule has 5 N–H and O–H groups in total. The summed E-state index contributed by atoms with van der Waals surface area (Å²) < 4.78 is 0. The van der Waals surface area contributed by atoms with E-state index in [1.54, 1.807) is 0 Å². The molecule has 2 amide bonds. The molecule has 0 bridgehead atoms. The number of hydrogen-bond acceptors (Lipinski definition) is 5. The lowest BCUT2D eigenvalue weighted by Crippen LogP contribution is -2.48. The van der Waals surface area contributed by atoms with Crippen LogP contribution in [0.1, 0.15) is 25.3 Å². The number of piperidine rings is 1. The molecule has 7 nitrogen and oxygen atoms in total. The highest BCUT2D eigenvalue weighted by Crippen LogP contribution is 2.32. The second-order valence-electron chi connectivity index (χ2n) is 7.94. The Balaban J connectivity index is 1.71. The van der Waals surface area contributed by atoms with Gasteiger partial charge in [-0.2, -0.15) is 0 Å². The van der Waals surface area contributed by atoms with Gasteiger partial charge in [-0.15, -0.1) is 0 Å². The summed E-state index contributed by atoms with van der Waals surface area (Å²) in [5.41, 5.74) is 14.2. The Morgan fingerprint density at radius 2 is 2.11 bits per heavy atom. The number of amides is 2. The van der Waals surface area contributed by atoms with Crippen molar-refractivity contribution < 1.29 is 9.59 Å². The van der Waals surface area contributed by atoms with E-state index in [0.29, 0.717) is 18.4 Å². The van der Waals surface area contributed by atoms with Crippen LogP contribution in [0.5, 0.6) is 0 Å². The molecule has 150 valence electrons. The average molecular weight is 383 g/mol. The first-order chi connectivity index (χ1) is 13.3. The maximum absolute atomic E-state index is 12.1. The van der Waals surface area contributed by atoms with Crippen LogP contribution >= 0.6 is 0 Å². The standard InChI is InChI=1S/C21H29N5O2/c1-13-8-15(10-25-21(28)17(22)9-19(23)27)12-26(11-13)18-6-5-14(2)20-16(18)4-3-7-24-20/h3-7,13,15,17H,8-12,22H2,1-2H3,(H2,23,27)(H,25,28)/t13-,15-,17-/m0/s1. The molecule has 1 aromatic heterocycles. The molecule has 2 aromatic rings. The third kappa shape index (κ3) is 4.59. The molecule has 1 aliphatic heterocycles. The van der Waals surface area contributed by atoms with Crippen LogP contribution in [0.15, 0.2) is 30.5 Å². The predicted molar refractivity (Wildman–Crippen MR) is 111 cm³/mol. The number of aryl methyl sites for hydroxylation is 1. The zero-order chi connectivity index (χ0) is 20.3. The van der Waals surface area contributed by atoms with Crippen molar-refractivity contribution in [3.8, 4) is 0 Å². The monoisotopic (exact) mass is 383 g/mol. The largest absolute Gasteiger partial charge is 0.370 e. The summed E-state index contributed by atoms with van der Waals surface area (Å²) >= 11 is 0. The highest BCUT2D eigenvalue weighted by atomic mass is 16.2. The lowest BCUT2D eigenvalue weighted by Gasteiger charge is -2.38. The number of rotatable bonds is 6. The molecule has 0 aliphatic carbocycles. The third-order valence-electron chi connectivity index (χ3n) is 5.36. The number of nitrogens with two attached hydrogens (primary N) is 2. The second-order valence-corrected chi connectivity index (χ2v) is 7.94. The Kier molecular flexibility index (Phi) is 6.14. The Bertz CT molecular complexity index is 869. The van der Waals surface area contributed by atoms with E-state index in [1.807, 2.05) is 12.3 Å². The Labute approximate surface area is 165 Å². The number of aromatic nitrogens is 1. The third-order valence-corrected chi connectivity index (χ3v) is 5.36. The molecule has 28 heavy (non-hydrogen) atoms. The molecular weight excluding hydrogens is 354 g/mol. The minimum Gasteiger partial charge on any atom is -0.370 e. The molecule has 0 spiro atoms. The van der Waals surface area contributed by atoms with Crippen molar-refractivity contribution in [2.45, 2.75) is 32.7 Å². The van der Waals surface area contributed by atoms with Crippen molar-refractivity contribution in [1.82, 2.24) is 10.3 Å². The fraction of sp³-hybridized carbons (Fsp3) is 0.476. The molecule has 1 aliphatic rings. The van der Waals surface area contributed by atoms with E-state index in [2.05, 4.69) is 47.2 Å². The first kappa shape index (κ1) is 20.1. The Hall–Kier alpha value is -2.67. The quantitative estimate of drug-likeness (QED) is 0.696. The van der Waals surface area contributed by atoms with Crippen LogP contribution < -0.4 is 21.7 Å². The van der Waals surface area contributed by atoms with Gasteiger partial charge < -0.3 is 21.7 Å². The lowest BCUT2D eigenvalue weighted by molar-refractivity contribution is -0.126. The number of nitrogens with zero attached hydrogens (tertiary/aromatic N) is 2. The van der Waals surface area contributed by atoms with E-state index in [1.165, 1.54) is 5.69 Å². The summed E-state index contributed by atoms with van der Waals surface area (Å²) in [6, 6.07) is 7.47. The van der Waals surface area contributed by atoms with Crippen molar-refractivity contribution in [3.05, 3.63) is 36.0 Å². The fourth-order valence-corrected chi connectivity index (χ4v) is 4.09. The van der Waals surface area contributed by atoms with Gasteiger partial charge >= 0.3 is 0 Å². The van der Waals surface area contributed by atoms with E-state index in [4.69, 9.17) is 11.5 Å². The van der Waals surface area contributed by atoms with Gasteiger partial charge in [0.15, 0.2) is 0 Å². The summed E-state index contributed by atoms with van der Waals surface area (Å²) in [5, 5.41) is 4.04. The van der Waals surface area contributed by atoms with E-state index >= 15 is 0 Å². The van der Waals surface area contributed by atoms with Crippen LogP contribution in [-0.2, 0) is 9.59 Å². The fourth-order valence-electron chi connectivity index (χ4n) is 4.09. The van der Waals surface area contributed by atoms with Gasteiger partial charge in [0.1, 0.15) is 0 Å². The first-order valence-electron chi connectivity index (χ1n) is 9.76. The highest BCUT2D eigenvalue weighted by molar-refractivity contribution is 5.93. The smallest absolute Gasteiger partial charge is 0.237 e. The lowest BCUT2D eigenvalue weighted by atomic mass is 9.89. The van der Waals surface area contributed by atoms with Crippen molar-refractivity contribution in [3.63, 3.8) is 0 Å². The van der Waals surface area contributed by atoms with Crippen LogP contribution in [0.2, 0.25) is 0 Å². The van der Waals surface area contributed by atoms with Gasteiger partial charge in [0, 0.05) is 36.9 Å². The molecule has 1 aromatic carbocycles. The number of carbonyl (C=O) groups excluding carboxylic acids is 2. The maximum atomic E-state index is 12.1. The van der Waals surface area contributed by atoms with Crippen LogP contribution in [0, 0.1) is 18.8 Å². The number of nitrogens with one attached hydrogen (secondary N) is 1. The Morgan fingerprint density at radius 3 is 2.86 bits per heavy atom. The van der Waals surface area contributed by atoms with Crippen LogP contribution in [-0.4, -0.2) is 42.5 Å². The zero-order valence-corrected chi connectivity index (χ0v) is 16.5. The Morgan fingerprint density at radius 1 is 1.32 bits per heavy atom. The van der Waals surface area contributed by atoms with E-state index in [-0.39, 0.29) is 12.3 Å². The summed E-state index contributed by atoms with van der Waals surface area (Å²) in [6.07, 6.45) is 2.72. The number of benzene rings is 1. The SMILES string of the molecule is Cc1ccc(N2C[C@@H](C)C[C@@H](CNC(=O)[C@@H](N)CC(N)=O)C2)c2cccnc12. The van der Waals surface area contributed by atoms with Gasteiger partial charge in [0.2, 0.25) is 11.8 Å². The van der Waals surface area contributed by atoms with Crippen molar-refractivity contribution in [2.75, 3.05) is 24.5 Å². The number of anilines is 1. The van der Waals surface area contributed by atoms with Crippen molar-refractivity contribution >= 4 is 28.4 Å². The zero-order valence-electron chi connectivity index (χ0n) is 16.5. The van der Waals surface area contributed by atoms with Crippen LogP contribution in [0.4, 0.5) is 5.69 Å². The minimum atomic E-state index is -0.887. The highest BCUT2D eigenvalue weighted by Gasteiger charge is 2.27. The molecule has 0 saturated carbocycles. The summed E-state index contributed by atoms with van der Waals surface area (Å²) in [5.74, 6) is -0.0852. The number of hydrogen-bond donors (Lipinski definition) is 3. The molecule has 1 saturated heterocycles. The van der Waals surface area contributed by atoms with Gasteiger partial charge in [-0.1, -0.05) is 13.0 Å². The summed E-state index contributed by atoms with van der Waals surface area (Å²) in [4.78, 5) is 30.0. The second kappa shape index (κ2) is 8.56.